The Kier molecular flexibility index (Phi) is 4.48. The van der Waals surface area contributed by atoms with E-state index in [2.05, 4.69) is 29.3 Å². The summed E-state index contributed by atoms with van der Waals surface area (Å²) >= 11 is 0. The van der Waals surface area contributed by atoms with Crippen molar-refractivity contribution in [3.8, 4) is 0 Å². The third kappa shape index (κ3) is 3.35. The molecule has 26 heavy (non-hydrogen) atoms. The van der Waals surface area contributed by atoms with E-state index in [1.54, 1.807) is 0 Å². The van der Waals surface area contributed by atoms with Crippen molar-refractivity contribution >= 4 is 17.7 Å². The van der Waals surface area contributed by atoms with Crippen LogP contribution in [0.3, 0.4) is 0 Å². The van der Waals surface area contributed by atoms with Crippen LogP contribution in [0.5, 0.6) is 0 Å². The summed E-state index contributed by atoms with van der Waals surface area (Å²) in [6.07, 6.45) is 0.784. The molecule has 1 N–H and O–H groups in total. The third-order valence-electron chi connectivity index (χ3n) is 5.45. The summed E-state index contributed by atoms with van der Waals surface area (Å²) in [4.78, 5) is 25.7. The van der Waals surface area contributed by atoms with Gasteiger partial charge in [0.05, 0.1) is 24.7 Å². The highest BCUT2D eigenvalue weighted by Gasteiger charge is 2.53. The minimum Gasteiger partial charge on any atom is -0.461 e. The predicted molar refractivity (Wildman–Crippen MR) is 93.9 cm³/mol. The Labute approximate surface area is 152 Å². The number of rotatable bonds is 4. The van der Waals surface area contributed by atoms with Gasteiger partial charge in [0.25, 0.3) is 0 Å². The van der Waals surface area contributed by atoms with Crippen molar-refractivity contribution in [3.05, 3.63) is 29.3 Å². The fourth-order valence-electron chi connectivity index (χ4n) is 4.00. The number of nitrogens with one attached hydrogen (secondary N) is 1. The molecule has 1 amide bonds. The Balaban J connectivity index is 1.29. The van der Waals surface area contributed by atoms with Crippen LogP contribution in [0.25, 0.3) is 0 Å². The van der Waals surface area contributed by atoms with Gasteiger partial charge in [-0.3, -0.25) is 4.79 Å². The third-order valence-corrected chi connectivity index (χ3v) is 5.45. The van der Waals surface area contributed by atoms with Gasteiger partial charge in [-0.25, -0.2) is 4.79 Å². The molecule has 0 aromatic heterocycles. The largest absolute Gasteiger partial charge is 0.461 e. The molecule has 0 radical (unpaired) electrons. The van der Waals surface area contributed by atoms with Crippen LogP contribution in [0.15, 0.2) is 18.2 Å². The van der Waals surface area contributed by atoms with Crippen molar-refractivity contribution < 1.29 is 23.8 Å². The highest BCUT2D eigenvalue weighted by molar-refractivity contribution is 5.77. The van der Waals surface area contributed by atoms with Crippen molar-refractivity contribution in [2.24, 2.45) is 5.92 Å². The van der Waals surface area contributed by atoms with E-state index in [-0.39, 0.29) is 24.0 Å². The number of benzene rings is 1. The Hall–Kier alpha value is -2.28. The summed E-state index contributed by atoms with van der Waals surface area (Å²) in [6.45, 7) is 6.01. The molecule has 1 aliphatic carbocycles. The van der Waals surface area contributed by atoms with E-state index in [9.17, 15) is 9.59 Å². The lowest BCUT2D eigenvalue weighted by Crippen LogP contribution is -2.56. The zero-order chi connectivity index (χ0) is 18.1. The molecule has 7 heteroatoms. The molecule has 2 heterocycles. The van der Waals surface area contributed by atoms with Gasteiger partial charge < -0.3 is 24.4 Å². The lowest BCUT2D eigenvalue weighted by atomic mass is 9.69. The molecule has 1 spiro atoms. The lowest BCUT2D eigenvalue weighted by Gasteiger charge is -2.41. The number of ether oxygens (including phenoxy) is 3. The van der Waals surface area contributed by atoms with Gasteiger partial charge in [-0.2, -0.15) is 0 Å². The molecule has 0 atom stereocenters. The van der Waals surface area contributed by atoms with Crippen LogP contribution in [0.2, 0.25) is 0 Å². The van der Waals surface area contributed by atoms with E-state index in [4.69, 9.17) is 14.2 Å². The van der Waals surface area contributed by atoms with Crippen molar-refractivity contribution in [1.29, 1.82) is 0 Å². The smallest absolute Gasteiger partial charge is 0.407 e. The molecule has 1 aromatic carbocycles. The van der Waals surface area contributed by atoms with E-state index in [1.165, 1.54) is 11.3 Å². The van der Waals surface area contributed by atoms with Gasteiger partial charge in [-0.05, 0) is 37.0 Å². The second kappa shape index (κ2) is 6.79. The fraction of sp³-hybridized carbons (Fsp3) is 0.579. The zero-order valence-corrected chi connectivity index (χ0v) is 15.0. The molecular weight excluding hydrogens is 336 g/mol. The van der Waals surface area contributed by atoms with Crippen LogP contribution >= 0.6 is 0 Å². The van der Waals surface area contributed by atoms with Gasteiger partial charge in [0.15, 0.2) is 0 Å². The van der Waals surface area contributed by atoms with E-state index in [1.807, 2.05) is 6.07 Å². The quantitative estimate of drug-likeness (QED) is 0.825. The average Bonchev–Trinajstić information content (AvgIpc) is 3.01. The Bertz CT molecular complexity index is 708. The number of alkyl carbamates (subject to hydrolysis) is 1. The normalized spacial score (nSPS) is 27.7. The lowest BCUT2D eigenvalue weighted by molar-refractivity contribution is -0.155. The molecule has 3 aliphatic rings. The SMILES string of the molecule is Cc1cc(COC(=O)C2CC3(COC(=O)N3)C2)ccc1N1CCOCC1. The van der Waals surface area contributed by atoms with Crippen molar-refractivity contribution in [3.63, 3.8) is 0 Å². The molecule has 4 rings (SSSR count). The van der Waals surface area contributed by atoms with Crippen molar-refractivity contribution in [2.75, 3.05) is 37.8 Å². The summed E-state index contributed by atoms with van der Waals surface area (Å²) in [6, 6.07) is 6.18. The van der Waals surface area contributed by atoms with Gasteiger partial charge in [-0.15, -0.1) is 0 Å². The van der Waals surface area contributed by atoms with Crippen LogP contribution < -0.4 is 10.2 Å². The van der Waals surface area contributed by atoms with E-state index < -0.39 is 6.09 Å². The van der Waals surface area contributed by atoms with Gasteiger partial charge in [0.1, 0.15) is 13.2 Å². The molecule has 0 bridgehead atoms. The molecule has 2 saturated heterocycles. The number of carbonyl (C=O) groups excluding carboxylic acids is 2. The van der Waals surface area contributed by atoms with Gasteiger partial charge >= 0.3 is 12.1 Å². The summed E-state index contributed by atoms with van der Waals surface area (Å²) < 4.78 is 15.8. The number of cyclic esters (lactones) is 1. The minimum absolute atomic E-state index is 0.161. The minimum atomic E-state index is -0.396. The summed E-state index contributed by atoms with van der Waals surface area (Å²) in [5.41, 5.74) is 3.02. The Morgan fingerprint density at radius 2 is 2.12 bits per heavy atom. The highest BCUT2D eigenvalue weighted by atomic mass is 16.6. The fourth-order valence-corrected chi connectivity index (χ4v) is 4.00. The number of hydrogen-bond donors (Lipinski definition) is 1. The monoisotopic (exact) mass is 360 g/mol. The maximum Gasteiger partial charge on any atom is 0.407 e. The number of esters is 1. The molecule has 0 unspecified atom stereocenters. The van der Waals surface area contributed by atoms with Crippen LogP contribution in [0.1, 0.15) is 24.0 Å². The summed E-state index contributed by atoms with van der Waals surface area (Å²) in [5.74, 6) is -0.364. The topological polar surface area (TPSA) is 77.1 Å². The zero-order valence-electron chi connectivity index (χ0n) is 15.0. The van der Waals surface area contributed by atoms with Crippen molar-refractivity contribution in [1.82, 2.24) is 5.32 Å². The molecule has 7 nitrogen and oxygen atoms in total. The number of aryl methyl sites for hydroxylation is 1. The van der Waals surface area contributed by atoms with Gasteiger partial charge in [0.2, 0.25) is 0 Å². The predicted octanol–water partition coefficient (Wildman–Crippen LogP) is 1.76. The number of morpholine rings is 1. The van der Waals surface area contributed by atoms with Gasteiger partial charge in [0, 0.05) is 18.8 Å². The molecule has 1 aromatic rings. The van der Waals surface area contributed by atoms with E-state index in [0.717, 1.165) is 31.9 Å². The number of nitrogens with zero attached hydrogens (tertiary/aromatic N) is 1. The standard InChI is InChI=1S/C19H24N2O5/c1-13-8-14(2-3-16(13)21-4-6-24-7-5-21)11-25-17(22)15-9-19(10-15)12-26-18(23)20-19/h2-3,8,15H,4-7,9-12H2,1H3,(H,20,23). The first-order valence-corrected chi connectivity index (χ1v) is 9.08. The maximum absolute atomic E-state index is 12.2. The molecule has 140 valence electrons. The number of anilines is 1. The second-order valence-electron chi connectivity index (χ2n) is 7.41. The molecular formula is C19H24N2O5. The molecule has 1 saturated carbocycles. The van der Waals surface area contributed by atoms with Crippen LogP contribution in [-0.2, 0) is 25.6 Å². The van der Waals surface area contributed by atoms with E-state index in [0.29, 0.717) is 19.4 Å². The molecule has 3 fully saturated rings. The van der Waals surface area contributed by atoms with E-state index >= 15 is 0 Å². The molecule has 2 aliphatic heterocycles. The number of hydrogen-bond acceptors (Lipinski definition) is 6. The van der Waals surface area contributed by atoms with Crippen LogP contribution in [-0.4, -0.2) is 50.5 Å². The maximum atomic E-state index is 12.2. The first-order chi connectivity index (χ1) is 12.5. The number of carbonyl (C=O) groups is 2. The first kappa shape index (κ1) is 17.1. The average molecular weight is 360 g/mol. The van der Waals surface area contributed by atoms with Crippen molar-refractivity contribution in [2.45, 2.75) is 31.9 Å². The van der Waals surface area contributed by atoms with Crippen LogP contribution in [0.4, 0.5) is 10.5 Å². The number of amides is 1. The Morgan fingerprint density at radius 3 is 2.77 bits per heavy atom. The second-order valence-corrected chi connectivity index (χ2v) is 7.41. The summed E-state index contributed by atoms with van der Waals surface area (Å²) in [5, 5.41) is 2.79. The highest BCUT2D eigenvalue weighted by Crippen LogP contribution is 2.41. The first-order valence-electron chi connectivity index (χ1n) is 9.08. The van der Waals surface area contributed by atoms with Gasteiger partial charge in [-0.1, -0.05) is 12.1 Å². The summed E-state index contributed by atoms with van der Waals surface area (Å²) in [7, 11) is 0. The van der Waals surface area contributed by atoms with Crippen LogP contribution in [0, 0.1) is 12.8 Å². The Morgan fingerprint density at radius 1 is 1.35 bits per heavy atom.